The predicted molar refractivity (Wildman–Crippen MR) is 228 cm³/mol. The molecule has 2 atom stereocenters. The van der Waals surface area contributed by atoms with Crippen LogP contribution in [0, 0.1) is 0 Å². The highest BCUT2D eigenvalue weighted by molar-refractivity contribution is 7.45. The lowest BCUT2D eigenvalue weighted by atomic mass is 10.0. The van der Waals surface area contributed by atoms with Gasteiger partial charge >= 0.3 is 11.9 Å². The molecule has 11 heteroatoms. The van der Waals surface area contributed by atoms with E-state index in [1.165, 1.54) is 64.2 Å². The fourth-order valence-electron chi connectivity index (χ4n) is 5.68. The molecule has 0 saturated heterocycles. The number of quaternary nitrogens is 1. The molecular weight excluding hydrogens is 729 g/mol. The van der Waals surface area contributed by atoms with Gasteiger partial charge in [-0.2, -0.15) is 0 Å². The largest absolute Gasteiger partial charge is 0.756 e. The van der Waals surface area contributed by atoms with Crippen LogP contribution in [-0.2, 0) is 32.7 Å². The molecule has 0 amide bonds. The number of unbranched alkanes of at least 4 members (excludes halogenated alkanes) is 17. The zero-order chi connectivity index (χ0) is 41.4. The van der Waals surface area contributed by atoms with E-state index in [1.807, 2.05) is 27.2 Å². The number of aliphatic hydroxyl groups is 1. The number of allylic oxidation sites excluding steroid dienone is 8. The van der Waals surface area contributed by atoms with Crippen LogP contribution in [-0.4, -0.2) is 81.7 Å². The lowest BCUT2D eigenvalue weighted by Crippen LogP contribution is -2.37. The van der Waals surface area contributed by atoms with Crippen molar-refractivity contribution < 1.29 is 47.2 Å². The molecule has 0 bridgehead atoms. The van der Waals surface area contributed by atoms with E-state index in [2.05, 4.69) is 49.5 Å². The first-order chi connectivity index (χ1) is 27.0. The van der Waals surface area contributed by atoms with Crippen LogP contribution < -0.4 is 4.89 Å². The summed E-state index contributed by atoms with van der Waals surface area (Å²) in [4.78, 5) is 37.5. The van der Waals surface area contributed by atoms with Crippen LogP contribution in [0.5, 0.6) is 0 Å². The van der Waals surface area contributed by atoms with Crippen LogP contribution in [0.4, 0.5) is 0 Å². The molecule has 326 valence electrons. The summed E-state index contributed by atoms with van der Waals surface area (Å²) >= 11 is 0. The molecule has 0 aliphatic heterocycles. The van der Waals surface area contributed by atoms with E-state index in [-0.39, 0.29) is 32.7 Å². The summed E-state index contributed by atoms with van der Waals surface area (Å²) in [5.41, 5.74) is 0. The Kier molecular flexibility index (Phi) is 37.0. The topological polar surface area (TPSA) is 131 Å². The third kappa shape index (κ3) is 41.6. The third-order valence-electron chi connectivity index (χ3n) is 9.16. The van der Waals surface area contributed by atoms with Crippen molar-refractivity contribution in [2.24, 2.45) is 0 Å². The van der Waals surface area contributed by atoms with Crippen LogP contribution in [0.2, 0.25) is 0 Å². The van der Waals surface area contributed by atoms with Gasteiger partial charge in [0.05, 0.1) is 27.7 Å². The fourth-order valence-corrected chi connectivity index (χ4v) is 6.41. The number of esters is 2. The number of likely N-dealkylation sites (N-methyl/N-ethyl adjacent to an activating group) is 1. The number of hydrogen-bond donors (Lipinski definition) is 1. The van der Waals surface area contributed by atoms with E-state index in [0.717, 1.165) is 70.6 Å². The molecule has 0 spiro atoms. The first-order valence-electron chi connectivity index (χ1n) is 22.0. The zero-order valence-electron chi connectivity index (χ0n) is 36.0. The van der Waals surface area contributed by atoms with Gasteiger partial charge < -0.3 is 33.0 Å². The number of phosphoric acid groups is 1. The maximum atomic E-state index is 12.7. The number of rotatable bonds is 40. The Labute approximate surface area is 342 Å². The molecule has 0 radical (unpaired) electrons. The van der Waals surface area contributed by atoms with Crippen molar-refractivity contribution in [1.29, 1.82) is 0 Å². The molecule has 0 aliphatic carbocycles. The number of nitrogens with zero attached hydrogens (tertiary/aromatic N) is 1. The molecule has 0 heterocycles. The van der Waals surface area contributed by atoms with Gasteiger partial charge in [0.15, 0.2) is 6.10 Å². The Morgan fingerprint density at radius 2 is 1.07 bits per heavy atom. The predicted octanol–water partition coefficient (Wildman–Crippen LogP) is 10.6. The number of carbonyl (C=O) groups excluding carboxylic acids is 2. The molecule has 0 aliphatic rings. The summed E-state index contributed by atoms with van der Waals surface area (Å²) in [6.07, 6.45) is 41.5. The smallest absolute Gasteiger partial charge is 0.306 e. The first kappa shape index (κ1) is 53.9. The Morgan fingerprint density at radius 1 is 0.607 bits per heavy atom. The zero-order valence-corrected chi connectivity index (χ0v) is 36.9. The van der Waals surface area contributed by atoms with Crippen molar-refractivity contribution in [3.63, 3.8) is 0 Å². The number of aliphatic hydroxyl groups excluding tert-OH is 1. The normalized spacial score (nSPS) is 14.0. The lowest BCUT2D eigenvalue weighted by molar-refractivity contribution is -0.870. The van der Waals surface area contributed by atoms with Crippen LogP contribution >= 0.6 is 7.82 Å². The molecular formula is C45H82NO9P. The number of phosphoric ester groups is 1. The van der Waals surface area contributed by atoms with Crippen molar-refractivity contribution >= 4 is 19.8 Å². The van der Waals surface area contributed by atoms with E-state index >= 15 is 0 Å². The highest BCUT2D eigenvalue weighted by Crippen LogP contribution is 2.38. The van der Waals surface area contributed by atoms with E-state index < -0.39 is 32.5 Å². The van der Waals surface area contributed by atoms with Crippen LogP contribution in [0.15, 0.2) is 48.6 Å². The van der Waals surface area contributed by atoms with Crippen LogP contribution in [0.25, 0.3) is 0 Å². The Hall–Kier alpha value is -2.07. The van der Waals surface area contributed by atoms with Crippen molar-refractivity contribution in [3.8, 4) is 0 Å². The van der Waals surface area contributed by atoms with Gasteiger partial charge in [0.25, 0.3) is 7.82 Å². The summed E-state index contributed by atoms with van der Waals surface area (Å²) in [6.45, 7) is 2.16. The van der Waals surface area contributed by atoms with E-state index in [0.29, 0.717) is 23.9 Å². The highest BCUT2D eigenvalue weighted by atomic mass is 31.2. The van der Waals surface area contributed by atoms with Gasteiger partial charge in [0.1, 0.15) is 19.8 Å². The summed E-state index contributed by atoms with van der Waals surface area (Å²) in [6, 6.07) is 0. The van der Waals surface area contributed by atoms with Gasteiger partial charge in [-0.3, -0.25) is 14.2 Å². The van der Waals surface area contributed by atoms with E-state index in [9.17, 15) is 19.0 Å². The van der Waals surface area contributed by atoms with Crippen molar-refractivity contribution in [2.45, 2.75) is 174 Å². The molecule has 0 saturated carbocycles. The van der Waals surface area contributed by atoms with E-state index in [1.54, 1.807) is 0 Å². The van der Waals surface area contributed by atoms with Gasteiger partial charge in [-0.15, -0.1) is 0 Å². The Morgan fingerprint density at radius 3 is 1.59 bits per heavy atom. The molecule has 56 heavy (non-hydrogen) atoms. The highest BCUT2D eigenvalue weighted by Gasteiger charge is 2.21. The average molecular weight is 812 g/mol. The summed E-state index contributed by atoms with van der Waals surface area (Å²) in [7, 11) is 1.12. The summed E-state index contributed by atoms with van der Waals surface area (Å²) in [5.74, 6) is -0.913. The maximum Gasteiger partial charge on any atom is 0.306 e. The first-order valence-corrected chi connectivity index (χ1v) is 23.4. The fraction of sp³-hybridized carbons (Fsp3) is 0.778. The molecule has 1 N–H and O–H groups in total. The quantitative estimate of drug-likeness (QED) is 0.0211. The summed E-state index contributed by atoms with van der Waals surface area (Å²) in [5, 5.41) is 8.79. The van der Waals surface area contributed by atoms with Crippen LogP contribution in [0.1, 0.15) is 167 Å². The van der Waals surface area contributed by atoms with Gasteiger partial charge in [0.2, 0.25) is 0 Å². The molecule has 0 aromatic rings. The second kappa shape index (κ2) is 38.4. The van der Waals surface area contributed by atoms with Crippen molar-refractivity contribution in [1.82, 2.24) is 0 Å². The monoisotopic (exact) mass is 812 g/mol. The minimum atomic E-state index is -4.64. The molecule has 0 aromatic heterocycles. The Balaban J connectivity index is 4.44. The lowest BCUT2D eigenvalue weighted by Gasteiger charge is -2.28. The molecule has 0 rings (SSSR count). The van der Waals surface area contributed by atoms with Crippen LogP contribution in [0.3, 0.4) is 0 Å². The second-order valence-electron chi connectivity index (χ2n) is 15.8. The third-order valence-corrected chi connectivity index (χ3v) is 10.1. The van der Waals surface area contributed by atoms with Crippen molar-refractivity contribution in [2.75, 3.05) is 54.1 Å². The standard InChI is InChI=1S/C45H82NO9P/c1-5-6-7-8-9-10-11-12-18-22-25-28-31-34-37-45(49)55-43(42-54-56(50,51)53-40-38-46(2,3)4)41-52-44(48)36-33-30-27-24-21-19-16-14-13-15-17-20-23-26-29-32-35-39-47/h13,15-16,19-20,23-24,27,43,47H,5-12,14,17-18,21-22,25-26,28-42H2,1-4H3/b15-13-,19-16-,23-20-,27-24-/t43-/m1/s1. The number of hydrogen-bond acceptors (Lipinski definition) is 9. The number of ether oxygens (including phenoxy) is 2. The molecule has 10 nitrogen and oxygen atoms in total. The SMILES string of the molecule is CCCCCCCCCCCCCCCCC(=O)O[C@H](COC(=O)CCC/C=C\C/C=C\C/C=C\C/C=C\CCCCCO)COP(=O)([O-])OCC[N+](C)(C)C. The number of carbonyl (C=O) groups is 2. The minimum Gasteiger partial charge on any atom is -0.756 e. The molecule has 0 fully saturated rings. The summed E-state index contributed by atoms with van der Waals surface area (Å²) < 4.78 is 33.8. The van der Waals surface area contributed by atoms with Crippen molar-refractivity contribution in [3.05, 3.63) is 48.6 Å². The van der Waals surface area contributed by atoms with Gasteiger partial charge in [-0.25, -0.2) is 0 Å². The maximum absolute atomic E-state index is 12.7. The Bertz CT molecular complexity index is 1100. The van der Waals surface area contributed by atoms with Gasteiger partial charge in [-0.1, -0.05) is 145 Å². The molecule has 0 aromatic carbocycles. The average Bonchev–Trinajstić information content (AvgIpc) is 3.15. The van der Waals surface area contributed by atoms with Gasteiger partial charge in [-0.05, 0) is 57.8 Å². The second-order valence-corrected chi connectivity index (χ2v) is 17.2. The van der Waals surface area contributed by atoms with Gasteiger partial charge in [0, 0.05) is 19.4 Å². The molecule has 1 unspecified atom stereocenters. The minimum absolute atomic E-state index is 0.0441. The van der Waals surface area contributed by atoms with E-state index in [4.69, 9.17) is 23.6 Å².